The lowest BCUT2D eigenvalue weighted by Gasteiger charge is -2.18. The van der Waals surface area contributed by atoms with Crippen molar-refractivity contribution >= 4 is 11.6 Å². The maximum Gasteiger partial charge on any atom is 0.267 e. The Morgan fingerprint density at radius 1 is 1.32 bits per heavy atom. The molecule has 1 amide bonds. The predicted octanol–water partition coefficient (Wildman–Crippen LogP) is 2.56. The Bertz CT molecular complexity index is 521. The quantitative estimate of drug-likeness (QED) is 0.649. The number of nitrogens with one attached hydrogen (secondary N) is 2. The molecule has 0 aliphatic carbocycles. The topological polar surface area (TPSA) is 64.9 Å². The van der Waals surface area contributed by atoms with Crippen molar-refractivity contribution < 1.29 is 9.18 Å². The third kappa shape index (κ3) is 5.21. The fraction of sp³-hybridized carbons (Fsp3) is 0.286. The third-order valence-electron chi connectivity index (χ3n) is 2.12. The van der Waals surface area contributed by atoms with Crippen molar-refractivity contribution in [3.8, 4) is 6.07 Å². The van der Waals surface area contributed by atoms with E-state index >= 15 is 0 Å². The van der Waals surface area contributed by atoms with Crippen LogP contribution in [-0.4, -0.2) is 11.4 Å². The molecule has 2 N–H and O–H groups in total. The number of nitrogens with zero attached hydrogens (tertiary/aromatic N) is 1. The number of hydrogen-bond acceptors (Lipinski definition) is 3. The number of benzene rings is 1. The van der Waals surface area contributed by atoms with Crippen LogP contribution in [0.3, 0.4) is 0 Å². The number of carbonyl (C=O) groups is 1. The van der Waals surface area contributed by atoms with Gasteiger partial charge in [0.25, 0.3) is 5.91 Å². The van der Waals surface area contributed by atoms with Gasteiger partial charge in [0.2, 0.25) is 0 Å². The van der Waals surface area contributed by atoms with E-state index in [9.17, 15) is 9.18 Å². The Kier molecular flexibility index (Phi) is 4.65. The first kappa shape index (κ1) is 14.7. The number of nitriles is 1. The summed E-state index contributed by atoms with van der Waals surface area (Å²) < 4.78 is 12.7. The first-order valence-corrected chi connectivity index (χ1v) is 5.77. The van der Waals surface area contributed by atoms with Crippen LogP contribution in [-0.2, 0) is 4.79 Å². The molecule has 0 radical (unpaired) electrons. The molecule has 19 heavy (non-hydrogen) atoms. The summed E-state index contributed by atoms with van der Waals surface area (Å²) in [6, 6.07) is 7.15. The number of hydrogen-bond donors (Lipinski definition) is 2. The Balaban J connectivity index is 2.75. The zero-order valence-electron chi connectivity index (χ0n) is 11.1. The molecule has 0 aromatic heterocycles. The summed E-state index contributed by atoms with van der Waals surface area (Å²) in [5.74, 6) is -0.922. The van der Waals surface area contributed by atoms with Gasteiger partial charge in [-0.05, 0) is 45.0 Å². The van der Waals surface area contributed by atoms with Gasteiger partial charge >= 0.3 is 0 Å². The molecule has 4 nitrogen and oxygen atoms in total. The van der Waals surface area contributed by atoms with Gasteiger partial charge < -0.3 is 10.6 Å². The SMILES string of the molecule is CC(C)(C)N/C=C(/C#N)C(=O)Nc1ccc(F)cc1. The zero-order valence-corrected chi connectivity index (χ0v) is 11.1. The highest BCUT2D eigenvalue weighted by molar-refractivity contribution is 6.06. The average molecular weight is 261 g/mol. The van der Waals surface area contributed by atoms with Crippen LogP contribution < -0.4 is 10.6 Å². The van der Waals surface area contributed by atoms with E-state index in [0.29, 0.717) is 5.69 Å². The molecule has 100 valence electrons. The number of halogens is 1. The second kappa shape index (κ2) is 6.01. The van der Waals surface area contributed by atoms with E-state index in [4.69, 9.17) is 5.26 Å². The maximum atomic E-state index is 12.7. The van der Waals surface area contributed by atoms with Crippen LogP contribution >= 0.6 is 0 Å². The lowest BCUT2D eigenvalue weighted by molar-refractivity contribution is -0.112. The largest absolute Gasteiger partial charge is 0.385 e. The van der Waals surface area contributed by atoms with E-state index in [1.807, 2.05) is 26.8 Å². The molecule has 0 aliphatic heterocycles. The minimum absolute atomic E-state index is 0.0424. The standard InChI is InChI=1S/C14H16FN3O/c1-14(2,3)17-9-10(8-16)13(19)18-12-6-4-11(15)5-7-12/h4-7,9,17H,1-3H3,(H,18,19)/b10-9-. The first-order valence-electron chi connectivity index (χ1n) is 5.77. The van der Waals surface area contributed by atoms with Crippen LogP contribution in [0.1, 0.15) is 20.8 Å². The Morgan fingerprint density at radius 2 is 1.89 bits per heavy atom. The average Bonchev–Trinajstić information content (AvgIpc) is 2.31. The fourth-order valence-corrected chi connectivity index (χ4v) is 1.17. The van der Waals surface area contributed by atoms with Gasteiger partial charge in [-0.2, -0.15) is 5.26 Å². The summed E-state index contributed by atoms with van der Waals surface area (Å²) >= 11 is 0. The van der Waals surface area contributed by atoms with Gasteiger partial charge in [-0.25, -0.2) is 4.39 Å². The van der Waals surface area contributed by atoms with Gasteiger partial charge in [0.05, 0.1) is 0 Å². The number of rotatable bonds is 3. The van der Waals surface area contributed by atoms with Crippen LogP contribution in [0.25, 0.3) is 0 Å². The molecule has 1 rings (SSSR count). The third-order valence-corrected chi connectivity index (χ3v) is 2.12. The summed E-state index contributed by atoms with van der Waals surface area (Å²) in [4.78, 5) is 11.8. The number of anilines is 1. The van der Waals surface area contributed by atoms with Gasteiger partial charge in [0, 0.05) is 17.4 Å². The van der Waals surface area contributed by atoms with Gasteiger partial charge in [-0.15, -0.1) is 0 Å². The molecule has 0 atom stereocenters. The van der Waals surface area contributed by atoms with Crippen LogP contribution in [0.5, 0.6) is 0 Å². The van der Waals surface area contributed by atoms with Crippen LogP contribution in [0.15, 0.2) is 36.0 Å². The lowest BCUT2D eigenvalue weighted by Crippen LogP contribution is -2.32. The molecule has 0 bridgehead atoms. The highest BCUT2D eigenvalue weighted by atomic mass is 19.1. The van der Waals surface area contributed by atoms with Crippen LogP contribution in [0.2, 0.25) is 0 Å². The van der Waals surface area contributed by atoms with Crippen molar-refractivity contribution in [2.75, 3.05) is 5.32 Å². The highest BCUT2D eigenvalue weighted by Crippen LogP contribution is 2.10. The van der Waals surface area contributed by atoms with E-state index < -0.39 is 5.91 Å². The summed E-state index contributed by atoms with van der Waals surface area (Å²) in [6.07, 6.45) is 1.37. The summed E-state index contributed by atoms with van der Waals surface area (Å²) in [5, 5.41) is 14.4. The minimum atomic E-state index is -0.536. The maximum absolute atomic E-state index is 12.7. The van der Waals surface area contributed by atoms with Crippen LogP contribution in [0, 0.1) is 17.1 Å². The number of amides is 1. The molecule has 1 aromatic rings. The van der Waals surface area contributed by atoms with Crippen molar-refractivity contribution in [1.82, 2.24) is 5.32 Å². The molecule has 0 saturated carbocycles. The Labute approximate surface area is 111 Å². The number of carbonyl (C=O) groups excluding carboxylic acids is 1. The highest BCUT2D eigenvalue weighted by Gasteiger charge is 2.12. The van der Waals surface area contributed by atoms with Gasteiger partial charge in [-0.3, -0.25) is 4.79 Å². The normalized spacial score (nSPS) is 11.6. The van der Waals surface area contributed by atoms with Crippen molar-refractivity contribution in [2.24, 2.45) is 0 Å². The summed E-state index contributed by atoms with van der Waals surface area (Å²) in [7, 11) is 0. The van der Waals surface area contributed by atoms with Crippen molar-refractivity contribution in [3.63, 3.8) is 0 Å². The molecular formula is C14H16FN3O. The van der Waals surface area contributed by atoms with Gasteiger partial charge in [0.15, 0.2) is 0 Å². The molecular weight excluding hydrogens is 245 g/mol. The Morgan fingerprint density at radius 3 is 2.37 bits per heavy atom. The van der Waals surface area contributed by atoms with Crippen molar-refractivity contribution in [3.05, 3.63) is 41.9 Å². The van der Waals surface area contributed by atoms with Crippen LogP contribution in [0.4, 0.5) is 10.1 Å². The molecule has 0 unspecified atom stereocenters. The molecule has 0 spiro atoms. The van der Waals surface area contributed by atoms with E-state index in [0.717, 1.165) is 0 Å². The molecule has 0 saturated heterocycles. The summed E-state index contributed by atoms with van der Waals surface area (Å²) in [6.45, 7) is 5.74. The fourth-order valence-electron chi connectivity index (χ4n) is 1.17. The first-order chi connectivity index (χ1) is 8.81. The van der Waals surface area contributed by atoms with Crippen molar-refractivity contribution in [2.45, 2.75) is 26.3 Å². The molecule has 0 aliphatic rings. The molecule has 5 heteroatoms. The lowest BCUT2D eigenvalue weighted by atomic mass is 10.1. The monoisotopic (exact) mass is 261 g/mol. The smallest absolute Gasteiger partial charge is 0.267 e. The van der Waals surface area contributed by atoms with Gasteiger partial charge in [0.1, 0.15) is 17.5 Å². The van der Waals surface area contributed by atoms with E-state index in [2.05, 4.69) is 10.6 Å². The Hall–Kier alpha value is -2.35. The van der Waals surface area contributed by atoms with Crippen molar-refractivity contribution in [1.29, 1.82) is 5.26 Å². The minimum Gasteiger partial charge on any atom is -0.385 e. The second-order valence-electron chi connectivity index (χ2n) is 5.03. The van der Waals surface area contributed by atoms with E-state index in [-0.39, 0.29) is 16.9 Å². The second-order valence-corrected chi connectivity index (χ2v) is 5.03. The molecule has 0 heterocycles. The van der Waals surface area contributed by atoms with E-state index in [1.54, 1.807) is 0 Å². The molecule has 1 aromatic carbocycles. The van der Waals surface area contributed by atoms with Gasteiger partial charge in [-0.1, -0.05) is 0 Å². The zero-order chi connectivity index (χ0) is 14.5. The summed E-state index contributed by atoms with van der Waals surface area (Å²) in [5.41, 5.74) is 0.153. The molecule has 0 fully saturated rings. The van der Waals surface area contributed by atoms with E-state index in [1.165, 1.54) is 30.5 Å². The predicted molar refractivity (Wildman–Crippen MR) is 71.6 cm³/mol.